The van der Waals surface area contributed by atoms with E-state index in [4.69, 9.17) is 0 Å². The van der Waals surface area contributed by atoms with E-state index in [2.05, 4.69) is 136 Å². The van der Waals surface area contributed by atoms with Crippen molar-refractivity contribution in [1.29, 1.82) is 0 Å². The van der Waals surface area contributed by atoms with Crippen LogP contribution in [0, 0.1) is 0 Å². The maximum absolute atomic E-state index is 2.41. The summed E-state index contributed by atoms with van der Waals surface area (Å²) in [5, 5.41) is 2.57. The lowest BCUT2D eigenvalue weighted by molar-refractivity contribution is 0.558. The van der Waals surface area contributed by atoms with Gasteiger partial charge in [-0.25, -0.2) is 0 Å². The van der Waals surface area contributed by atoms with Gasteiger partial charge >= 0.3 is 0 Å². The average Bonchev–Trinajstić information content (AvgIpc) is 3.33. The summed E-state index contributed by atoms with van der Waals surface area (Å²) in [6, 6.07) is 31.1. The topological polar surface area (TPSA) is 9.86 Å². The van der Waals surface area contributed by atoms with E-state index in [0.29, 0.717) is 0 Å². The quantitative estimate of drug-likeness (QED) is 0.272. The van der Waals surface area contributed by atoms with Gasteiger partial charge in [-0.15, -0.1) is 0 Å². The van der Waals surface area contributed by atoms with Crippen LogP contribution in [0.15, 0.2) is 84.9 Å². The van der Waals surface area contributed by atoms with E-state index in [1.165, 1.54) is 44.6 Å². The number of rotatable bonds is 2. The van der Waals surface area contributed by atoms with Crippen molar-refractivity contribution in [2.45, 2.75) is 52.4 Å². The predicted molar refractivity (Wildman–Crippen MR) is 138 cm³/mol. The van der Waals surface area contributed by atoms with Crippen LogP contribution in [-0.2, 0) is 10.8 Å². The van der Waals surface area contributed by atoms with Gasteiger partial charge in [0.2, 0.25) is 0 Å². The first-order valence-electron chi connectivity index (χ1n) is 11.5. The molecule has 5 aromatic rings. The van der Waals surface area contributed by atoms with Crippen LogP contribution < -0.4 is 0 Å². The SMILES string of the molecule is CC(C)(C)c1cc2ccccc2n1-c1ccc(-n2c(C(C)(C)C)cc3ccccc32)cc1. The van der Waals surface area contributed by atoms with E-state index < -0.39 is 0 Å². The molecule has 0 fully saturated rings. The number of benzene rings is 3. The molecule has 0 aliphatic heterocycles. The molecule has 0 saturated carbocycles. The van der Waals surface area contributed by atoms with E-state index in [1.807, 2.05) is 0 Å². The number of para-hydroxylation sites is 2. The summed E-state index contributed by atoms with van der Waals surface area (Å²) in [6.07, 6.45) is 0. The summed E-state index contributed by atoms with van der Waals surface area (Å²) in [6.45, 7) is 13.7. The minimum Gasteiger partial charge on any atom is -0.313 e. The van der Waals surface area contributed by atoms with Crippen molar-refractivity contribution in [3.63, 3.8) is 0 Å². The van der Waals surface area contributed by atoms with Crippen LogP contribution in [0.1, 0.15) is 52.9 Å². The highest BCUT2D eigenvalue weighted by molar-refractivity contribution is 5.85. The lowest BCUT2D eigenvalue weighted by Gasteiger charge is -2.24. The number of hydrogen-bond donors (Lipinski definition) is 0. The standard InChI is InChI=1S/C30H32N2/c1-29(2,3)27-19-21-11-7-9-13-25(21)31(27)23-15-17-24(18-16-23)32-26-14-10-8-12-22(26)20-28(32)30(4,5)6/h7-20H,1-6H3. The Morgan fingerprint density at radius 1 is 0.469 bits per heavy atom. The van der Waals surface area contributed by atoms with Crippen LogP contribution in [0.5, 0.6) is 0 Å². The molecule has 5 rings (SSSR count). The van der Waals surface area contributed by atoms with E-state index >= 15 is 0 Å². The minimum atomic E-state index is 0.0493. The zero-order valence-electron chi connectivity index (χ0n) is 20.0. The van der Waals surface area contributed by atoms with Gasteiger partial charge in [0.05, 0.1) is 11.0 Å². The van der Waals surface area contributed by atoms with Gasteiger partial charge in [-0.3, -0.25) is 0 Å². The first-order chi connectivity index (χ1) is 15.1. The zero-order chi connectivity index (χ0) is 22.7. The van der Waals surface area contributed by atoms with Crippen molar-refractivity contribution in [3.05, 3.63) is 96.3 Å². The molecule has 0 bridgehead atoms. The van der Waals surface area contributed by atoms with Gasteiger partial charge in [0.1, 0.15) is 0 Å². The minimum absolute atomic E-state index is 0.0493. The highest BCUT2D eigenvalue weighted by atomic mass is 15.0. The second kappa shape index (κ2) is 7.13. The molecule has 0 atom stereocenters. The predicted octanol–water partition coefficient (Wildman–Crippen LogP) is 8.17. The molecule has 2 heteroatoms. The number of aromatic nitrogens is 2. The van der Waals surface area contributed by atoms with Gasteiger partial charge in [-0.2, -0.15) is 0 Å². The molecular formula is C30H32N2. The molecule has 32 heavy (non-hydrogen) atoms. The molecule has 0 aliphatic rings. The average molecular weight is 421 g/mol. The fourth-order valence-corrected chi connectivity index (χ4v) is 4.72. The number of nitrogens with zero attached hydrogens (tertiary/aromatic N) is 2. The van der Waals surface area contributed by atoms with E-state index in [0.717, 1.165) is 0 Å². The molecule has 2 heterocycles. The summed E-state index contributed by atoms with van der Waals surface area (Å²) in [7, 11) is 0. The highest BCUT2D eigenvalue weighted by Crippen LogP contribution is 2.35. The Balaban J connectivity index is 1.70. The van der Waals surface area contributed by atoms with Crippen molar-refractivity contribution in [1.82, 2.24) is 9.13 Å². The second-order valence-corrected chi connectivity index (χ2v) is 10.9. The Morgan fingerprint density at radius 2 is 0.812 bits per heavy atom. The fraction of sp³-hybridized carbons (Fsp3) is 0.267. The van der Waals surface area contributed by atoms with E-state index in [-0.39, 0.29) is 10.8 Å². The molecule has 0 amide bonds. The van der Waals surface area contributed by atoms with Gasteiger partial charge in [-0.05, 0) is 48.5 Å². The molecule has 0 spiro atoms. The van der Waals surface area contributed by atoms with Crippen LogP contribution in [0.2, 0.25) is 0 Å². The number of fused-ring (bicyclic) bond motifs is 2. The molecule has 0 aliphatic carbocycles. The second-order valence-electron chi connectivity index (χ2n) is 10.9. The Labute approximate surface area is 191 Å². The monoisotopic (exact) mass is 420 g/mol. The van der Waals surface area contributed by atoms with Crippen molar-refractivity contribution >= 4 is 21.8 Å². The molecule has 162 valence electrons. The highest BCUT2D eigenvalue weighted by Gasteiger charge is 2.23. The largest absolute Gasteiger partial charge is 0.313 e. The van der Waals surface area contributed by atoms with Crippen molar-refractivity contribution < 1.29 is 0 Å². The summed E-state index contributed by atoms with van der Waals surface area (Å²) in [5.74, 6) is 0. The lowest BCUT2D eigenvalue weighted by Crippen LogP contribution is -2.17. The fourth-order valence-electron chi connectivity index (χ4n) is 4.72. The zero-order valence-corrected chi connectivity index (χ0v) is 20.0. The first kappa shape index (κ1) is 20.6. The molecule has 2 aromatic heterocycles. The van der Waals surface area contributed by atoms with Crippen molar-refractivity contribution in [2.24, 2.45) is 0 Å². The Bertz CT molecular complexity index is 1300. The van der Waals surface area contributed by atoms with Crippen molar-refractivity contribution in [3.8, 4) is 11.4 Å². The third-order valence-electron chi connectivity index (χ3n) is 6.32. The third-order valence-corrected chi connectivity index (χ3v) is 6.32. The molecule has 0 saturated heterocycles. The van der Waals surface area contributed by atoms with Gasteiger partial charge in [-0.1, -0.05) is 77.9 Å². The molecule has 0 unspecified atom stereocenters. The molecule has 3 aromatic carbocycles. The Hall–Kier alpha value is -3.26. The van der Waals surface area contributed by atoms with Gasteiger partial charge < -0.3 is 9.13 Å². The molecule has 0 N–H and O–H groups in total. The van der Waals surface area contributed by atoms with E-state index in [9.17, 15) is 0 Å². The first-order valence-corrected chi connectivity index (χ1v) is 11.5. The Morgan fingerprint density at radius 3 is 1.16 bits per heavy atom. The Kier molecular flexibility index (Phi) is 4.60. The summed E-state index contributed by atoms with van der Waals surface area (Å²) in [5.41, 5.74) is 7.67. The van der Waals surface area contributed by atoms with Crippen LogP contribution >= 0.6 is 0 Å². The van der Waals surface area contributed by atoms with Gasteiger partial charge in [0, 0.05) is 44.4 Å². The maximum Gasteiger partial charge on any atom is 0.0531 e. The van der Waals surface area contributed by atoms with Gasteiger partial charge in [0.15, 0.2) is 0 Å². The van der Waals surface area contributed by atoms with Crippen molar-refractivity contribution in [2.75, 3.05) is 0 Å². The molecular weight excluding hydrogens is 388 g/mol. The van der Waals surface area contributed by atoms with Gasteiger partial charge in [0.25, 0.3) is 0 Å². The maximum atomic E-state index is 2.41. The normalized spacial score (nSPS) is 12.7. The third kappa shape index (κ3) is 3.35. The van der Waals surface area contributed by atoms with Crippen LogP contribution in [0.3, 0.4) is 0 Å². The van der Waals surface area contributed by atoms with E-state index in [1.54, 1.807) is 0 Å². The number of hydrogen-bond acceptors (Lipinski definition) is 0. The smallest absolute Gasteiger partial charge is 0.0531 e. The lowest BCUT2D eigenvalue weighted by atomic mass is 9.91. The summed E-state index contributed by atoms with van der Waals surface area (Å²) >= 11 is 0. The van der Waals surface area contributed by atoms with Crippen LogP contribution in [0.25, 0.3) is 33.2 Å². The van der Waals surface area contributed by atoms with Crippen LogP contribution in [-0.4, -0.2) is 9.13 Å². The summed E-state index contributed by atoms with van der Waals surface area (Å²) in [4.78, 5) is 0. The summed E-state index contributed by atoms with van der Waals surface area (Å²) < 4.78 is 4.83. The van der Waals surface area contributed by atoms with Crippen LogP contribution in [0.4, 0.5) is 0 Å². The molecule has 2 nitrogen and oxygen atoms in total. The molecule has 0 radical (unpaired) electrons.